The highest BCUT2D eigenvalue weighted by molar-refractivity contribution is 5.77. The number of carbonyl (C=O) groups is 2. The summed E-state index contributed by atoms with van der Waals surface area (Å²) in [7, 11) is 0. The fourth-order valence-electron chi connectivity index (χ4n) is 3.13. The molecule has 3 atom stereocenters. The maximum Gasteiger partial charge on any atom is 0.317 e. The van der Waals surface area contributed by atoms with Crippen molar-refractivity contribution in [3.63, 3.8) is 0 Å². The van der Waals surface area contributed by atoms with Crippen LogP contribution in [0.5, 0.6) is 0 Å². The van der Waals surface area contributed by atoms with Gasteiger partial charge in [0.25, 0.3) is 0 Å². The van der Waals surface area contributed by atoms with Gasteiger partial charge in [-0.2, -0.15) is 0 Å². The fourth-order valence-corrected chi connectivity index (χ4v) is 3.13. The highest BCUT2D eigenvalue weighted by Gasteiger charge is 2.35. The van der Waals surface area contributed by atoms with E-state index < -0.39 is 11.9 Å². The van der Waals surface area contributed by atoms with Crippen LogP contribution in [0.3, 0.4) is 0 Å². The summed E-state index contributed by atoms with van der Waals surface area (Å²) in [6.07, 6.45) is 4.93. The van der Waals surface area contributed by atoms with E-state index in [0.717, 1.165) is 32.1 Å². The number of carboxylic acid groups (broad SMARTS) is 1. The second-order valence-electron chi connectivity index (χ2n) is 5.46. The molecule has 108 valence electrons. The summed E-state index contributed by atoms with van der Waals surface area (Å²) < 4.78 is 0. The van der Waals surface area contributed by atoms with Crippen molar-refractivity contribution in [3.05, 3.63) is 0 Å². The number of aliphatic hydroxyl groups excluding tert-OH is 1. The maximum atomic E-state index is 12.2. The van der Waals surface area contributed by atoms with Crippen LogP contribution in [-0.2, 0) is 4.79 Å². The largest absolute Gasteiger partial charge is 0.481 e. The highest BCUT2D eigenvalue weighted by Crippen LogP contribution is 2.25. The molecule has 3 unspecified atom stereocenters. The molecule has 0 spiro atoms. The molecule has 0 radical (unpaired) electrons. The van der Waals surface area contributed by atoms with E-state index >= 15 is 0 Å². The number of hydrogen-bond donors (Lipinski definition) is 3. The Balaban J connectivity index is 1.95. The van der Waals surface area contributed by atoms with Gasteiger partial charge in [-0.05, 0) is 25.7 Å². The van der Waals surface area contributed by atoms with E-state index in [1.54, 1.807) is 4.90 Å². The van der Waals surface area contributed by atoms with Crippen LogP contribution in [0.15, 0.2) is 0 Å². The molecule has 0 aromatic heterocycles. The molecule has 0 aromatic rings. The van der Waals surface area contributed by atoms with Crippen LogP contribution in [-0.4, -0.2) is 52.3 Å². The third-order valence-electron chi connectivity index (χ3n) is 4.24. The summed E-state index contributed by atoms with van der Waals surface area (Å²) in [4.78, 5) is 25.0. The van der Waals surface area contributed by atoms with Gasteiger partial charge in [0.2, 0.25) is 0 Å². The fraction of sp³-hybridized carbons (Fsp3) is 0.846. The second-order valence-corrected chi connectivity index (χ2v) is 5.46. The molecule has 19 heavy (non-hydrogen) atoms. The number of nitrogens with one attached hydrogen (secondary N) is 1. The molecule has 1 saturated carbocycles. The quantitative estimate of drug-likeness (QED) is 0.707. The summed E-state index contributed by atoms with van der Waals surface area (Å²) in [6.45, 7) is 0.613. The smallest absolute Gasteiger partial charge is 0.317 e. The van der Waals surface area contributed by atoms with Crippen LogP contribution >= 0.6 is 0 Å². The predicted molar refractivity (Wildman–Crippen MR) is 68.7 cm³/mol. The second kappa shape index (κ2) is 6.23. The summed E-state index contributed by atoms with van der Waals surface area (Å²) in [5.41, 5.74) is 0. The Kier molecular flexibility index (Phi) is 4.63. The molecule has 2 fully saturated rings. The number of likely N-dealkylation sites (tertiary alicyclic amines) is 1. The van der Waals surface area contributed by atoms with Gasteiger partial charge in [-0.25, -0.2) is 4.79 Å². The summed E-state index contributed by atoms with van der Waals surface area (Å²) >= 11 is 0. The van der Waals surface area contributed by atoms with Crippen molar-refractivity contribution >= 4 is 12.0 Å². The van der Waals surface area contributed by atoms with E-state index in [0.29, 0.717) is 13.0 Å². The topological polar surface area (TPSA) is 89.9 Å². The standard InChI is InChI=1S/C13H22N2O4/c16-8-9-4-3-7-15(9)13(19)14-11-6-2-1-5-10(11)12(17)18/h9-11,16H,1-8H2,(H,14,19)(H,17,18). The number of aliphatic hydroxyl groups is 1. The van der Waals surface area contributed by atoms with Gasteiger partial charge in [0.05, 0.1) is 18.6 Å². The lowest BCUT2D eigenvalue weighted by Crippen LogP contribution is -2.51. The Hall–Kier alpha value is -1.30. The number of amides is 2. The van der Waals surface area contributed by atoms with E-state index in [4.69, 9.17) is 0 Å². The van der Waals surface area contributed by atoms with E-state index in [9.17, 15) is 19.8 Å². The van der Waals surface area contributed by atoms with Crippen molar-refractivity contribution in [2.24, 2.45) is 5.92 Å². The molecule has 6 nitrogen and oxygen atoms in total. The van der Waals surface area contributed by atoms with Crippen LogP contribution < -0.4 is 5.32 Å². The van der Waals surface area contributed by atoms with Crippen molar-refractivity contribution in [3.8, 4) is 0 Å². The number of nitrogens with zero attached hydrogens (tertiary/aromatic N) is 1. The first kappa shape index (κ1) is 14.1. The van der Waals surface area contributed by atoms with Crippen LogP contribution in [0, 0.1) is 5.92 Å². The number of carboxylic acids is 1. The SMILES string of the molecule is O=C(O)C1CCCCC1NC(=O)N1CCCC1CO. The molecular weight excluding hydrogens is 248 g/mol. The Morgan fingerprint density at radius 2 is 1.89 bits per heavy atom. The average Bonchev–Trinajstić information content (AvgIpc) is 2.87. The summed E-state index contributed by atoms with van der Waals surface area (Å²) in [6, 6.07) is -0.625. The van der Waals surface area contributed by atoms with Gasteiger partial charge in [0, 0.05) is 12.6 Å². The molecule has 1 heterocycles. The van der Waals surface area contributed by atoms with Crippen LogP contribution in [0.25, 0.3) is 0 Å². The monoisotopic (exact) mass is 270 g/mol. The lowest BCUT2D eigenvalue weighted by Gasteiger charge is -2.32. The van der Waals surface area contributed by atoms with Gasteiger partial charge in [0.1, 0.15) is 0 Å². The number of rotatable bonds is 3. The first-order valence-electron chi connectivity index (χ1n) is 7.04. The zero-order valence-electron chi connectivity index (χ0n) is 11.0. The lowest BCUT2D eigenvalue weighted by atomic mass is 9.84. The number of carbonyl (C=O) groups excluding carboxylic acids is 1. The summed E-state index contributed by atoms with van der Waals surface area (Å²) in [5.74, 6) is -1.31. The molecule has 1 aliphatic heterocycles. The zero-order valence-corrected chi connectivity index (χ0v) is 11.0. The number of urea groups is 1. The molecule has 2 amide bonds. The molecule has 2 aliphatic rings. The van der Waals surface area contributed by atoms with Gasteiger partial charge in [-0.15, -0.1) is 0 Å². The minimum Gasteiger partial charge on any atom is -0.481 e. The number of hydrogen-bond acceptors (Lipinski definition) is 3. The third-order valence-corrected chi connectivity index (χ3v) is 4.24. The molecule has 1 saturated heterocycles. The van der Waals surface area contributed by atoms with Gasteiger partial charge < -0.3 is 20.4 Å². The normalized spacial score (nSPS) is 31.2. The highest BCUT2D eigenvalue weighted by atomic mass is 16.4. The van der Waals surface area contributed by atoms with Crippen LogP contribution in [0.4, 0.5) is 4.79 Å². The van der Waals surface area contributed by atoms with Crippen LogP contribution in [0.2, 0.25) is 0 Å². The van der Waals surface area contributed by atoms with Gasteiger partial charge >= 0.3 is 12.0 Å². The Morgan fingerprint density at radius 1 is 1.16 bits per heavy atom. The van der Waals surface area contributed by atoms with Crippen molar-refractivity contribution in [2.75, 3.05) is 13.2 Å². The van der Waals surface area contributed by atoms with E-state index in [1.807, 2.05) is 0 Å². The number of aliphatic carboxylic acids is 1. The van der Waals surface area contributed by atoms with Crippen molar-refractivity contribution in [1.29, 1.82) is 0 Å². The predicted octanol–water partition coefficient (Wildman–Crippen LogP) is 0.796. The first-order valence-corrected chi connectivity index (χ1v) is 7.04. The molecule has 6 heteroatoms. The van der Waals surface area contributed by atoms with Gasteiger partial charge in [0.15, 0.2) is 0 Å². The average molecular weight is 270 g/mol. The molecule has 0 aromatic carbocycles. The van der Waals surface area contributed by atoms with E-state index in [-0.39, 0.29) is 24.7 Å². The van der Waals surface area contributed by atoms with E-state index in [2.05, 4.69) is 5.32 Å². The minimum atomic E-state index is -0.829. The molecular formula is C13H22N2O4. The molecule has 2 rings (SSSR count). The van der Waals surface area contributed by atoms with Crippen molar-refractivity contribution in [1.82, 2.24) is 10.2 Å². The van der Waals surface area contributed by atoms with Crippen molar-refractivity contribution < 1.29 is 19.8 Å². The first-order chi connectivity index (χ1) is 9.13. The molecule has 1 aliphatic carbocycles. The zero-order chi connectivity index (χ0) is 13.8. The van der Waals surface area contributed by atoms with E-state index in [1.165, 1.54) is 0 Å². The Labute approximate surface area is 112 Å². The minimum absolute atomic E-state index is 0.0273. The third kappa shape index (κ3) is 3.18. The summed E-state index contributed by atoms with van der Waals surface area (Å²) in [5, 5.41) is 21.2. The van der Waals surface area contributed by atoms with Crippen LogP contribution in [0.1, 0.15) is 38.5 Å². The molecule has 0 bridgehead atoms. The Morgan fingerprint density at radius 3 is 2.58 bits per heavy atom. The Bertz CT molecular complexity index is 348. The molecule has 3 N–H and O–H groups in total. The van der Waals surface area contributed by atoms with Gasteiger partial charge in [-0.3, -0.25) is 4.79 Å². The lowest BCUT2D eigenvalue weighted by molar-refractivity contribution is -0.143. The maximum absolute atomic E-state index is 12.2. The van der Waals surface area contributed by atoms with Crippen molar-refractivity contribution in [2.45, 2.75) is 50.6 Å². The van der Waals surface area contributed by atoms with Gasteiger partial charge in [-0.1, -0.05) is 12.8 Å².